The second kappa shape index (κ2) is 7.67. The highest BCUT2D eigenvalue weighted by molar-refractivity contribution is 5.78. The van der Waals surface area contributed by atoms with Gasteiger partial charge in [0.1, 0.15) is 5.75 Å². The zero-order valence-electron chi connectivity index (χ0n) is 11.3. The molecular weight excluding hydrogens is 268 g/mol. The molecule has 0 fully saturated rings. The molecule has 1 aromatic carbocycles. The third-order valence-corrected chi connectivity index (χ3v) is 3.05. The lowest BCUT2D eigenvalue weighted by molar-refractivity contribution is -0.139. The zero-order valence-corrected chi connectivity index (χ0v) is 11.3. The van der Waals surface area contributed by atoms with E-state index in [2.05, 4.69) is 4.74 Å². The van der Waals surface area contributed by atoms with Crippen molar-refractivity contribution in [2.45, 2.75) is 45.1 Å². The van der Waals surface area contributed by atoms with Crippen LogP contribution in [0.3, 0.4) is 0 Å². The summed E-state index contributed by atoms with van der Waals surface area (Å²) < 4.78 is 28.7. The van der Waals surface area contributed by atoms with Gasteiger partial charge in [-0.25, -0.2) is 0 Å². The number of aliphatic carboxylic acids is 1. The normalized spacial score (nSPS) is 12.4. The van der Waals surface area contributed by atoms with Crippen molar-refractivity contribution < 1.29 is 23.4 Å². The Kier molecular flexibility index (Phi) is 6.21. The number of ether oxygens (including phenoxy) is 1. The van der Waals surface area contributed by atoms with Gasteiger partial charge in [-0.3, -0.25) is 4.79 Å². The van der Waals surface area contributed by atoms with Crippen LogP contribution in [0.2, 0.25) is 0 Å². The van der Waals surface area contributed by atoms with E-state index in [1.165, 1.54) is 18.2 Å². The molecule has 1 rings (SSSR count). The SMILES string of the molecule is CCCCCC(C(=O)O)c1cc(OC(F)F)ccc1N. The van der Waals surface area contributed by atoms with Crippen LogP contribution in [0.15, 0.2) is 18.2 Å². The van der Waals surface area contributed by atoms with Crippen LogP contribution in [0.4, 0.5) is 14.5 Å². The zero-order chi connectivity index (χ0) is 15.1. The first-order valence-electron chi connectivity index (χ1n) is 6.52. The van der Waals surface area contributed by atoms with E-state index in [1.807, 2.05) is 6.92 Å². The second-order valence-corrected chi connectivity index (χ2v) is 4.56. The maximum atomic E-state index is 12.2. The molecule has 0 aromatic heterocycles. The van der Waals surface area contributed by atoms with Gasteiger partial charge in [0.15, 0.2) is 0 Å². The Bertz CT molecular complexity index is 452. The van der Waals surface area contributed by atoms with Gasteiger partial charge in [0.2, 0.25) is 0 Å². The predicted octanol–water partition coefficient (Wildman–Crippen LogP) is 3.62. The number of halogens is 2. The highest BCUT2D eigenvalue weighted by Gasteiger charge is 2.22. The number of carboxylic acid groups (broad SMARTS) is 1. The third-order valence-electron chi connectivity index (χ3n) is 3.05. The first-order chi connectivity index (χ1) is 9.45. The fraction of sp³-hybridized carbons (Fsp3) is 0.500. The molecule has 112 valence electrons. The summed E-state index contributed by atoms with van der Waals surface area (Å²) in [5.41, 5.74) is 6.36. The number of rotatable bonds is 8. The van der Waals surface area contributed by atoms with Gasteiger partial charge < -0.3 is 15.6 Å². The van der Waals surface area contributed by atoms with Crippen molar-refractivity contribution in [1.82, 2.24) is 0 Å². The topological polar surface area (TPSA) is 72.5 Å². The first kappa shape index (κ1) is 16.2. The summed E-state index contributed by atoms with van der Waals surface area (Å²) in [6.07, 6.45) is 3.05. The highest BCUT2D eigenvalue weighted by atomic mass is 19.3. The van der Waals surface area contributed by atoms with Crippen molar-refractivity contribution in [3.8, 4) is 5.75 Å². The maximum Gasteiger partial charge on any atom is 0.387 e. The van der Waals surface area contributed by atoms with E-state index in [4.69, 9.17) is 5.73 Å². The van der Waals surface area contributed by atoms with Gasteiger partial charge in [-0.15, -0.1) is 0 Å². The Labute approximate surface area is 116 Å². The number of hydrogen-bond acceptors (Lipinski definition) is 3. The minimum absolute atomic E-state index is 0.0778. The molecule has 0 amide bonds. The van der Waals surface area contributed by atoms with E-state index in [0.29, 0.717) is 12.0 Å². The standard InChI is InChI=1S/C14H19F2NO3/c1-2-3-4-5-10(13(18)19)11-8-9(20-14(15)16)6-7-12(11)17/h6-8,10,14H,2-5,17H2,1H3,(H,18,19). The smallest absolute Gasteiger partial charge is 0.387 e. The van der Waals surface area contributed by atoms with E-state index in [9.17, 15) is 18.7 Å². The van der Waals surface area contributed by atoms with Crippen LogP contribution >= 0.6 is 0 Å². The first-order valence-corrected chi connectivity index (χ1v) is 6.52. The van der Waals surface area contributed by atoms with E-state index in [0.717, 1.165) is 19.3 Å². The number of unbranched alkanes of at least 4 members (excludes halogenated alkanes) is 2. The summed E-state index contributed by atoms with van der Waals surface area (Å²) >= 11 is 0. The molecular formula is C14H19F2NO3. The van der Waals surface area contributed by atoms with E-state index in [1.54, 1.807) is 0 Å². The predicted molar refractivity (Wildman–Crippen MR) is 72.0 cm³/mol. The largest absolute Gasteiger partial charge is 0.481 e. The quantitative estimate of drug-likeness (QED) is 0.566. The maximum absolute atomic E-state index is 12.2. The average Bonchev–Trinajstić information content (AvgIpc) is 2.36. The number of nitrogens with two attached hydrogens (primary N) is 1. The lowest BCUT2D eigenvalue weighted by atomic mass is 9.92. The molecule has 0 aliphatic heterocycles. The molecule has 4 nitrogen and oxygen atoms in total. The average molecular weight is 287 g/mol. The molecule has 1 unspecified atom stereocenters. The monoisotopic (exact) mass is 287 g/mol. The fourth-order valence-corrected chi connectivity index (χ4v) is 2.04. The number of alkyl halides is 2. The summed E-state index contributed by atoms with van der Waals surface area (Å²) in [6, 6.07) is 3.98. The van der Waals surface area contributed by atoms with Crippen molar-refractivity contribution >= 4 is 11.7 Å². The van der Waals surface area contributed by atoms with E-state index < -0.39 is 18.5 Å². The molecule has 0 heterocycles. The van der Waals surface area contributed by atoms with Crippen LogP contribution < -0.4 is 10.5 Å². The Morgan fingerprint density at radius 2 is 2.10 bits per heavy atom. The van der Waals surface area contributed by atoms with Gasteiger partial charge in [-0.1, -0.05) is 26.2 Å². The number of carboxylic acids is 1. The van der Waals surface area contributed by atoms with Gasteiger partial charge in [-0.2, -0.15) is 8.78 Å². The molecule has 6 heteroatoms. The third kappa shape index (κ3) is 4.68. The van der Waals surface area contributed by atoms with E-state index >= 15 is 0 Å². The summed E-state index contributed by atoms with van der Waals surface area (Å²) in [5.74, 6) is -1.89. The molecule has 20 heavy (non-hydrogen) atoms. The second-order valence-electron chi connectivity index (χ2n) is 4.56. The van der Waals surface area contributed by atoms with Crippen molar-refractivity contribution in [2.24, 2.45) is 0 Å². The molecule has 0 saturated heterocycles. The fourth-order valence-electron chi connectivity index (χ4n) is 2.04. The van der Waals surface area contributed by atoms with Crippen LogP contribution in [0.25, 0.3) is 0 Å². The molecule has 1 atom stereocenters. The van der Waals surface area contributed by atoms with Gasteiger partial charge in [0.25, 0.3) is 0 Å². The highest BCUT2D eigenvalue weighted by Crippen LogP contribution is 2.31. The Balaban J connectivity index is 2.96. The number of benzene rings is 1. The van der Waals surface area contributed by atoms with Crippen LogP contribution in [0.5, 0.6) is 5.75 Å². The Morgan fingerprint density at radius 1 is 1.40 bits per heavy atom. The molecule has 0 radical (unpaired) electrons. The van der Waals surface area contributed by atoms with E-state index in [-0.39, 0.29) is 11.4 Å². The molecule has 3 N–H and O–H groups in total. The molecule has 1 aromatic rings. The van der Waals surface area contributed by atoms with Crippen LogP contribution in [0.1, 0.15) is 44.1 Å². The molecule has 0 bridgehead atoms. The van der Waals surface area contributed by atoms with Gasteiger partial charge in [0, 0.05) is 5.69 Å². The van der Waals surface area contributed by atoms with Crippen LogP contribution in [-0.4, -0.2) is 17.7 Å². The summed E-state index contributed by atoms with van der Waals surface area (Å²) in [7, 11) is 0. The van der Waals surface area contributed by atoms with Crippen molar-refractivity contribution in [2.75, 3.05) is 5.73 Å². The number of hydrogen-bond donors (Lipinski definition) is 2. The molecule has 0 saturated carbocycles. The molecule has 0 spiro atoms. The minimum atomic E-state index is -2.95. The summed E-state index contributed by atoms with van der Waals surface area (Å²) in [4.78, 5) is 11.3. The Morgan fingerprint density at radius 3 is 2.65 bits per heavy atom. The summed E-state index contributed by atoms with van der Waals surface area (Å²) in [6.45, 7) is -0.934. The molecule has 0 aliphatic rings. The van der Waals surface area contributed by atoms with Crippen molar-refractivity contribution in [3.63, 3.8) is 0 Å². The minimum Gasteiger partial charge on any atom is -0.481 e. The number of anilines is 1. The Hall–Kier alpha value is -1.85. The van der Waals surface area contributed by atoms with Crippen LogP contribution in [-0.2, 0) is 4.79 Å². The van der Waals surface area contributed by atoms with Crippen molar-refractivity contribution in [1.29, 1.82) is 0 Å². The summed E-state index contributed by atoms with van der Waals surface area (Å²) in [5, 5.41) is 9.28. The van der Waals surface area contributed by atoms with Crippen molar-refractivity contribution in [3.05, 3.63) is 23.8 Å². The van der Waals surface area contributed by atoms with Gasteiger partial charge in [-0.05, 0) is 30.2 Å². The lowest BCUT2D eigenvalue weighted by Crippen LogP contribution is -2.14. The number of carbonyl (C=O) groups is 1. The van der Waals surface area contributed by atoms with Crippen LogP contribution in [0, 0.1) is 0 Å². The van der Waals surface area contributed by atoms with Gasteiger partial charge in [0.05, 0.1) is 5.92 Å². The molecule has 0 aliphatic carbocycles. The van der Waals surface area contributed by atoms with Gasteiger partial charge >= 0.3 is 12.6 Å². The number of nitrogen functional groups attached to an aromatic ring is 1. The lowest BCUT2D eigenvalue weighted by Gasteiger charge is -2.16.